The number of nitrogens with zero attached hydrogens (tertiary/aromatic N) is 2. The lowest BCUT2D eigenvalue weighted by molar-refractivity contribution is -0.151. The number of hydrogen-bond donors (Lipinski definition) is 1. The van der Waals surface area contributed by atoms with Crippen molar-refractivity contribution in [2.45, 2.75) is 71.9 Å². The molecule has 7 nitrogen and oxygen atoms in total. The predicted molar refractivity (Wildman–Crippen MR) is 144 cm³/mol. The topological polar surface area (TPSA) is 82.5 Å². The van der Waals surface area contributed by atoms with Gasteiger partial charge < -0.3 is 9.47 Å². The standard InChI is InChI=1S/C30H37N3O4/c1-7-11-25-32-24-18-19-31-30(6,28(35)36-8-2)26(24)33(25)21-16-14-20(15-17-21)22-12-9-10-13-23(22)27(34)37-29(3,4)5/h9-10,12-17,31H,7-8,11,18-19H2,1-6H3. The zero-order valence-corrected chi connectivity index (χ0v) is 22.7. The van der Waals surface area contributed by atoms with Crippen molar-refractivity contribution in [3.63, 3.8) is 0 Å². The van der Waals surface area contributed by atoms with Crippen LogP contribution in [0.5, 0.6) is 0 Å². The van der Waals surface area contributed by atoms with Gasteiger partial charge in [-0.15, -0.1) is 0 Å². The number of rotatable bonds is 7. The Kier molecular flexibility index (Phi) is 7.55. The van der Waals surface area contributed by atoms with Crippen molar-refractivity contribution in [1.82, 2.24) is 14.9 Å². The number of aromatic nitrogens is 2. The quantitative estimate of drug-likeness (QED) is 0.437. The van der Waals surface area contributed by atoms with Crippen molar-refractivity contribution in [1.29, 1.82) is 0 Å². The summed E-state index contributed by atoms with van der Waals surface area (Å²) < 4.78 is 13.2. The molecule has 0 amide bonds. The van der Waals surface area contributed by atoms with Crippen LogP contribution in [0.25, 0.3) is 16.8 Å². The van der Waals surface area contributed by atoms with Crippen molar-refractivity contribution in [3.8, 4) is 16.8 Å². The fourth-order valence-corrected chi connectivity index (χ4v) is 4.87. The largest absolute Gasteiger partial charge is 0.464 e. The van der Waals surface area contributed by atoms with Gasteiger partial charge in [0.1, 0.15) is 11.4 Å². The Labute approximate surface area is 219 Å². The number of fused-ring (bicyclic) bond motifs is 1. The van der Waals surface area contributed by atoms with E-state index in [1.54, 1.807) is 6.07 Å². The molecule has 0 bridgehead atoms. The van der Waals surface area contributed by atoms with Gasteiger partial charge in [0.05, 0.1) is 23.6 Å². The van der Waals surface area contributed by atoms with Gasteiger partial charge in [0.2, 0.25) is 0 Å². The van der Waals surface area contributed by atoms with Gasteiger partial charge in [-0.1, -0.05) is 37.3 Å². The number of nitrogens with one attached hydrogen (secondary N) is 1. The smallest absolute Gasteiger partial charge is 0.339 e. The highest BCUT2D eigenvalue weighted by Gasteiger charge is 2.44. The molecule has 37 heavy (non-hydrogen) atoms. The molecule has 0 aliphatic carbocycles. The van der Waals surface area contributed by atoms with Crippen LogP contribution in [0, 0.1) is 0 Å². The first-order chi connectivity index (χ1) is 17.6. The number of aryl methyl sites for hydroxylation is 1. The van der Waals surface area contributed by atoms with E-state index in [2.05, 4.69) is 16.8 Å². The van der Waals surface area contributed by atoms with Gasteiger partial charge >= 0.3 is 11.9 Å². The van der Waals surface area contributed by atoms with E-state index in [4.69, 9.17) is 14.5 Å². The number of carbonyl (C=O) groups excluding carboxylic acids is 2. The zero-order valence-electron chi connectivity index (χ0n) is 22.7. The minimum atomic E-state index is -0.995. The highest BCUT2D eigenvalue weighted by Crippen LogP contribution is 2.35. The third-order valence-corrected chi connectivity index (χ3v) is 6.47. The minimum absolute atomic E-state index is 0.303. The zero-order chi connectivity index (χ0) is 26.8. The van der Waals surface area contributed by atoms with Crippen LogP contribution in [0.4, 0.5) is 0 Å². The Hall–Kier alpha value is -3.45. The molecule has 1 aliphatic heterocycles. The van der Waals surface area contributed by atoms with Crippen LogP contribution < -0.4 is 5.32 Å². The maximum Gasteiger partial charge on any atom is 0.339 e. The van der Waals surface area contributed by atoms with E-state index in [1.165, 1.54) is 0 Å². The van der Waals surface area contributed by atoms with E-state index < -0.39 is 11.1 Å². The molecule has 1 unspecified atom stereocenters. The third kappa shape index (κ3) is 5.32. The number of esters is 2. The first kappa shape index (κ1) is 26.6. The molecule has 0 spiro atoms. The van der Waals surface area contributed by atoms with Crippen molar-refractivity contribution in [2.24, 2.45) is 0 Å². The summed E-state index contributed by atoms with van der Waals surface area (Å²) in [6.07, 6.45) is 2.46. The molecule has 0 fully saturated rings. The molecule has 1 atom stereocenters. The van der Waals surface area contributed by atoms with Gasteiger partial charge in [-0.3, -0.25) is 9.88 Å². The van der Waals surface area contributed by atoms with Crippen molar-refractivity contribution in [3.05, 3.63) is 71.3 Å². The van der Waals surface area contributed by atoms with Gasteiger partial charge in [0.15, 0.2) is 5.54 Å². The first-order valence-corrected chi connectivity index (χ1v) is 13.1. The lowest BCUT2D eigenvalue weighted by Crippen LogP contribution is -2.52. The molecular formula is C30H37N3O4. The summed E-state index contributed by atoms with van der Waals surface area (Å²) in [5, 5.41) is 3.39. The molecule has 2 heterocycles. The molecule has 0 saturated heterocycles. The van der Waals surface area contributed by atoms with Gasteiger partial charge in [-0.05, 0) is 70.4 Å². The Balaban J connectivity index is 1.78. The lowest BCUT2D eigenvalue weighted by atomic mass is 9.90. The van der Waals surface area contributed by atoms with E-state index in [0.29, 0.717) is 18.7 Å². The van der Waals surface area contributed by atoms with Crippen molar-refractivity contribution < 1.29 is 19.1 Å². The molecule has 1 N–H and O–H groups in total. The Morgan fingerprint density at radius 1 is 1.08 bits per heavy atom. The van der Waals surface area contributed by atoms with E-state index in [0.717, 1.165) is 53.3 Å². The molecular weight excluding hydrogens is 466 g/mol. The van der Waals surface area contributed by atoms with Crippen molar-refractivity contribution in [2.75, 3.05) is 13.2 Å². The van der Waals surface area contributed by atoms with Crippen LogP contribution in [0.1, 0.15) is 75.5 Å². The number of hydrogen-bond acceptors (Lipinski definition) is 6. The number of benzene rings is 2. The van der Waals surface area contributed by atoms with Gasteiger partial charge in [0.25, 0.3) is 0 Å². The fraction of sp³-hybridized carbons (Fsp3) is 0.433. The summed E-state index contributed by atoms with van der Waals surface area (Å²) in [4.78, 5) is 31.0. The first-order valence-electron chi connectivity index (χ1n) is 13.1. The molecule has 1 aromatic heterocycles. The second-order valence-electron chi connectivity index (χ2n) is 10.5. The van der Waals surface area contributed by atoms with Crippen LogP contribution in [-0.4, -0.2) is 40.2 Å². The summed E-state index contributed by atoms with van der Waals surface area (Å²) in [6, 6.07) is 15.5. The second-order valence-corrected chi connectivity index (χ2v) is 10.5. The van der Waals surface area contributed by atoms with E-state index in [-0.39, 0.29) is 11.9 Å². The van der Waals surface area contributed by atoms with Crippen LogP contribution in [0.2, 0.25) is 0 Å². The summed E-state index contributed by atoms with van der Waals surface area (Å²) >= 11 is 0. The molecule has 3 aromatic rings. The maximum atomic E-state index is 13.1. The number of ether oxygens (including phenoxy) is 2. The summed E-state index contributed by atoms with van der Waals surface area (Å²) in [6.45, 7) is 12.4. The summed E-state index contributed by atoms with van der Waals surface area (Å²) in [5.74, 6) is 0.272. The molecule has 1 aliphatic rings. The highest BCUT2D eigenvalue weighted by molar-refractivity contribution is 5.97. The van der Waals surface area contributed by atoms with Crippen LogP contribution in [-0.2, 0) is 32.6 Å². The molecule has 196 valence electrons. The monoisotopic (exact) mass is 503 g/mol. The molecule has 4 rings (SSSR count). The highest BCUT2D eigenvalue weighted by atomic mass is 16.6. The molecule has 0 radical (unpaired) electrons. The average Bonchev–Trinajstić information content (AvgIpc) is 3.23. The minimum Gasteiger partial charge on any atom is -0.464 e. The normalized spacial score (nSPS) is 17.2. The average molecular weight is 504 g/mol. The Morgan fingerprint density at radius 3 is 2.43 bits per heavy atom. The Morgan fingerprint density at radius 2 is 1.78 bits per heavy atom. The maximum absolute atomic E-state index is 13.1. The van der Waals surface area contributed by atoms with Crippen LogP contribution in [0.3, 0.4) is 0 Å². The predicted octanol–water partition coefficient (Wildman–Crippen LogP) is 5.37. The van der Waals surface area contributed by atoms with Crippen LogP contribution >= 0.6 is 0 Å². The number of carbonyl (C=O) groups is 2. The van der Waals surface area contributed by atoms with E-state index >= 15 is 0 Å². The van der Waals surface area contributed by atoms with E-state index in [1.807, 2.05) is 77.1 Å². The van der Waals surface area contributed by atoms with Gasteiger partial charge in [0, 0.05) is 25.1 Å². The lowest BCUT2D eigenvalue weighted by Gasteiger charge is -2.34. The molecule has 2 aromatic carbocycles. The number of imidazole rings is 1. The van der Waals surface area contributed by atoms with Crippen molar-refractivity contribution >= 4 is 11.9 Å². The summed E-state index contributed by atoms with van der Waals surface area (Å²) in [7, 11) is 0. The second kappa shape index (κ2) is 10.5. The van der Waals surface area contributed by atoms with Crippen LogP contribution in [0.15, 0.2) is 48.5 Å². The molecule has 7 heteroatoms. The van der Waals surface area contributed by atoms with Gasteiger partial charge in [-0.25, -0.2) is 14.6 Å². The fourth-order valence-electron chi connectivity index (χ4n) is 4.87. The van der Waals surface area contributed by atoms with Gasteiger partial charge in [-0.2, -0.15) is 0 Å². The Bertz CT molecular complexity index is 1290. The van der Waals surface area contributed by atoms with E-state index in [9.17, 15) is 9.59 Å². The third-order valence-electron chi connectivity index (χ3n) is 6.47. The summed E-state index contributed by atoms with van der Waals surface area (Å²) in [5.41, 5.74) is 3.34. The molecule has 0 saturated carbocycles. The SMILES string of the molecule is CCCc1nc2c(n1-c1ccc(-c3ccccc3C(=O)OC(C)(C)C)cc1)C(C)(C(=O)OCC)NCC2.